The zero-order chi connectivity index (χ0) is 9.68. The second-order valence-electron chi connectivity index (χ2n) is 3.35. The van der Waals surface area contributed by atoms with Crippen LogP contribution in [-0.4, -0.2) is 15.8 Å². The second kappa shape index (κ2) is 4.82. The van der Waals surface area contributed by atoms with Crippen LogP contribution in [-0.2, 0) is 13.5 Å². The largest absolute Gasteiger partial charge is 0.327 e. The number of aryl methyl sites for hydroxylation is 2. The van der Waals surface area contributed by atoms with Gasteiger partial charge in [0.2, 0.25) is 0 Å². The van der Waals surface area contributed by atoms with E-state index in [1.807, 2.05) is 30.2 Å². The summed E-state index contributed by atoms with van der Waals surface area (Å²) in [5.74, 6) is 0. The van der Waals surface area contributed by atoms with E-state index in [1.165, 1.54) is 5.56 Å². The Bertz CT molecular complexity index is 265. The van der Waals surface area contributed by atoms with Crippen molar-refractivity contribution in [1.82, 2.24) is 9.78 Å². The SMILES string of the molecule is C=CCC(N)CCc1cnn(C)c1. The van der Waals surface area contributed by atoms with Crippen molar-refractivity contribution in [3.63, 3.8) is 0 Å². The monoisotopic (exact) mass is 179 g/mol. The zero-order valence-corrected chi connectivity index (χ0v) is 8.11. The van der Waals surface area contributed by atoms with Crippen LogP contribution in [0.2, 0.25) is 0 Å². The molecule has 3 heteroatoms. The van der Waals surface area contributed by atoms with Crippen molar-refractivity contribution >= 4 is 0 Å². The second-order valence-corrected chi connectivity index (χ2v) is 3.35. The Morgan fingerprint density at radius 1 is 1.77 bits per heavy atom. The molecule has 0 amide bonds. The molecule has 13 heavy (non-hydrogen) atoms. The number of aromatic nitrogens is 2. The molecule has 0 aliphatic carbocycles. The lowest BCUT2D eigenvalue weighted by Crippen LogP contribution is -2.19. The standard InChI is InChI=1S/C10H17N3/c1-3-4-10(11)6-5-9-7-12-13(2)8-9/h3,7-8,10H,1,4-6,11H2,2H3. The van der Waals surface area contributed by atoms with E-state index in [1.54, 1.807) is 0 Å². The highest BCUT2D eigenvalue weighted by molar-refractivity contribution is 5.03. The average Bonchev–Trinajstić information content (AvgIpc) is 2.49. The van der Waals surface area contributed by atoms with Gasteiger partial charge in [0, 0.05) is 19.3 Å². The minimum absolute atomic E-state index is 0.234. The summed E-state index contributed by atoms with van der Waals surface area (Å²) in [6.07, 6.45) is 8.68. The first-order valence-corrected chi connectivity index (χ1v) is 4.56. The lowest BCUT2D eigenvalue weighted by molar-refractivity contribution is 0.621. The van der Waals surface area contributed by atoms with Crippen molar-refractivity contribution in [2.24, 2.45) is 12.8 Å². The predicted molar refractivity (Wildman–Crippen MR) is 54.3 cm³/mol. The van der Waals surface area contributed by atoms with Gasteiger partial charge in [-0.25, -0.2) is 0 Å². The van der Waals surface area contributed by atoms with E-state index in [9.17, 15) is 0 Å². The third kappa shape index (κ3) is 3.42. The van der Waals surface area contributed by atoms with Gasteiger partial charge in [0.25, 0.3) is 0 Å². The van der Waals surface area contributed by atoms with Gasteiger partial charge in [-0.05, 0) is 24.8 Å². The summed E-state index contributed by atoms with van der Waals surface area (Å²) < 4.78 is 1.81. The van der Waals surface area contributed by atoms with Gasteiger partial charge < -0.3 is 5.73 Å². The third-order valence-corrected chi connectivity index (χ3v) is 2.03. The first kappa shape index (κ1) is 9.99. The third-order valence-electron chi connectivity index (χ3n) is 2.03. The molecule has 0 aliphatic rings. The molecule has 3 nitrogen and oxygen atoms in total. The number of rotatable bonds is 5. The number of nitrogens with zero attached hydrogens (tertiary/aromatic N) is 2. The fraction of sp³-hybridized carbons (Fsp3) is 0.500. The molecule has 1 heterocycles. The van der Waals surface area contributed by atoms with Crippen LogP contribution >= 0.6 is 0 Å². The summed E-state index contributed by atoms with van der Waals surface area (Å²) in [6.45, 7) is 3.66. The maximum Gasteiger partial charge on any atom is 0.0521 e. The van der Waals surface area contributed by atoms with Gasteiger partial charge in [0.15, 0.2) is 0 Å². The van der Waals surface area contributed by atoms with Gasteiger partial charge in [0.1, 0.15) is 0 Å². The van der Waals surface area contributed by atoms with Gasteiger partial charge >= 0.3 is 0 Å². The predicted octanol–water partition coefficient (Wildman–Crippen LogP) is 1.26. The van der Waals surface area contributed by atoms with E-state index in [-0.39, 0.29) is 6.04 Å². The molecule has 0 saturated carbocycles. The van der Waals surface area contributed by atoms with Crippen molar-refractivity contribution in [3.8, 4) is 0 Å². The van der Waals surface area contributed by atoms with Gasteiger partial charge in [-0.1, -0.05) is 6.08 Å². The Hall–Kier alpha value is -1.09. The zero-order valence-electron chi connectivity index (χ0n) is 8.11. The molecule has 1 aromatic heterocycles. The summed E-state index contributed by atoms with van der Waals surface area (Å²) in [7, 11) is 1.92. The summed E-state index contributed by atoms with van der Waals surface area (Å²) >= 11 is 0. The summed E-state index contributed by atoms with van der Waals surface area (Å²) in [5.41, 5.74) is 7.09. The van der Waals surface area contributed by atoms with Crippen molar-refractivity contribution in [2.75, 3.05) is 0 Å². The van der Waals surface area contributed by atoms with Crippen molar-refractivity contribution < 1.29 is 0 Å². The van der Waals surface area contributed by atoms with Crippen LogP contribution in [0, 0.1) is 0 Å². The molecule has 1 aromatic rings. The van der Waals surface area contributed by atoms with Gasteiger partial charge in [0.05, 0.1) is 6.20 Å². The lowest BCUT2D eigenvalue weighted by Gasteiger charge is -2.06. The highest BCUT2D eigenvalue weighted by Crippen LogP contribution is 2.04. The smallest absolute Gasteiger partial charge is 0.0521 e. The van der Waals surface area contributed by atoms with Crippen molar-refractivity contribution in [1.29, 1.82) is 0 Å². The Balaban J connectivity index is 2.30. The van der Waals surface area contributed by atoms with E-state index >= 15 is 0 Å². The highest BCUT2D eigenvalue weighted by Gasteiger charge is 2.01. The number of nitrogens with two attached hydrogens (primary N) is 1. The van der Waals surface area contributed by atoms with E-state index in [4.69, 9.17) is 5.73 Å². The maximum absolute atomic E-state index is 5.84. The molecular weight excluding hydrogens is 162 g/mol. The Labute approximate surface area is 79.2 Å². The van der Waals surface area contributed by atoms with Gasteiger partial charge in [-0.15, -0.1) is 6.58 Å². The van der Waals surface area contributed by atoms with Gasteiger partial charge in [-0.2, -0.15) is 5.10 Å². The quantitative estimate of drug-likeness (QED) is 0.691. The molecule has 0 fully saturated rings. The number of hydrogen-bond acceptors (Lipinski definition) is 2. The molecule has 1 unspecified atom stereocenters. The van der Waals surface area contributed by atoms with Crippen LogP contribution in [0.1, 0.15) is 18.4 Å². The van der Waals surface area contributed by atoms with Crippen LogP contribution in [0.3, 0.4) is 0 Å². The van der Waals surface area contributed by atoms with E-state index in [0.29, 0.717) is 0 Å². The first-order chi connectivity index (χ1) is 6.22. The van der Waals surface area contributed by atoms with Crippen molar-refractivity contribution in [2.45, 2.75) is 25.3 Å². The fourth-order valence-corrected chi connectivity index (χ4v) is 1.28. The lowest BCUT2D eigenvalue weighted by atomic mass is 10.1. The Morgan fingerprint density at radius 2 is 2.54 bits per heavy atom. The Kier molecular flexibility index (Phi) is 3.71. The molecule has 1 atom stereocenters. The van der Waals surface area contributed by atoms with E-state index < -0.39 is 0 Å². The van der Waals surface area contributed by atoms with E-state index in [2.05, 4.69) is 11.7 Å². The van der Waals surface area contributed by atoms with Crippen LogP contribution in [0.25, 0.3) is 0 Å². The minimum Gasteiger partial charge on any atom is -0.327 e. The average molecular weight is 179 g/mol. The summed E-state index contributed by atoms with van der Waals surface area (Å²) in [4.78, 5) is 0. The number of hydrogen-bond donors (Lipinski definition) is 1. The normalized spacial score (nSPS) is 12.8. The Morgan fingerprint density at radius 3 is 3.08 bits per heavy atom. The maximum atomic E-state index is 5.84. The topological polar surface area (TPSA) is 43.8 Å². The molecule has 0 bridgehead atoms. The molecular formula is C10H17N3. The van der Waals surface area contributed by atoms with Crippen LogP contribution < -0.4 is 5.73 Å². The summed E-state index contributed by atoms with van der Waals surface area (Å²) in [6, 6.07) is 0.234. The molecule has 0 saturated heterocycles. The molecule has 1 rings (SSSR count). The highest BCUT2D eigenvalue weighted by atomic mass is 15.2. The molecule has 72 valence electrons. The van der Waals surface area contributed by atoms with Crippen LogP contribution in [0.4, 0.5) is 0 Å². The van der Waals surface area contributed by atoms with Crippen LogP contribution in [0.5, 0.6) is 0 Å². The molecule has 0 aromatic carbocycles. The van der Waals surface area contributed by atoms with Crippen LogP contribution in [0.15, 0.2) is 25.0 Å². The minimum atomic E-state index is 0.234. The molecule has 0 spiro atoms. The van der Waals surface area contributed by atoms with E-state index in [0.717, 1.165) is 19.3 Å². The fourth-order valence-electron chi connectivity index (χ4n) is 1.28. The van der Waals surface area contributed by atoms with Crippen molar-refractivity contribution in [3.05, 3.63) is 30.6 Å². The molecule has 0 aliphatic heterocycles. The summed E-state index contributed by atoms with van der Waals surface area (Å²) in [5, 5.41) is 4.10. The van der Waals surface area contributed by atoms with Gasteiger partial charge in [-0.3, -0.25) is 4.68 Å². The molecule has 0 radical (unpaired) electrons. The molecule has 2 N–H and O–H groups in total. The first-order valence-electron chi connectivity index (χ1n) is 4.56.